The van der Waals surface area contributed by atoms with Crippen LogP contribution in [-0.2, 0) is 9.59 Å². The molecule has 2 aromatic carbocycles. The van der Waals surface area contributed by atoms with Crippen molar-refractivity contribution in [3.05, 3.63) is 55.4 Å². The Balaban J connectivity index is 1.80. The topological polar surface area (TPSA) is 90.8 Å². The van der Waals surface area contributed by atoms with E-state index in [0.717, 1.165) is 4.47 Å². The zero-order valence-electron chi connectivity index (χ0n) is 13.3. The second kappa shape index (κ2) is 9.84. The van der Waals surface area contributed by atoms with Gasteiger partial charge in [0.1, 0.15) is 5.75 Å². The van der Waals surface area contributed by atoms with Crippen molar-refractivity contribution in [2.45, 2.75) is 12.8 Å². The van der Waals surface area contributed by atoms with E-state index in [1.807, 2.05) is 18.2 Å². The van der Waals surface area contributed by atoms with Gasteiger partial charge in [0.05, 0.1) is 20.8 Å². The molecule has 0 spiro atoms. The van der Waals surface area contributed by atoms with Crippen molar-refractivity contribution in [3.8, 4) is 5.75 Å². The van der Waals surface area contributed by atoms with Gasteiger partial charge in [-0.2, -0.15) is 5.10 Å². The Bertz CT molecular complexity index is 833. The minimum absolute atomic E-state index is 0.0105. The Morgan fingerprint density at radius 3 is 2.27 bits per heavy atom. The number of halogens is 3. The molecule has 0 heterocycles. The van der Waals surface area contributed by atoms with Gasteiger partial charge < -0.3 is 10.4 Å². The Hall–Kier alpha value is -1.71. The second-order valence-electron chi connectivity index (χ2n) is 5.15. The minimum atomic E-state index is -0.375. The normalized spacial score (nSPS) is 10.7. The number of benzene rings is 2. The van der Waals surface area contributed by atoms with Gasteiger partial charge >= 0.3 is 0 Å². The molecule has 2 rings (SSSR count). The summed E-state index contributed by atoms with van der Waals surface area (Å²) in [5.74, 6) is -0.551. The molecule has 0 unspecified atom stereocenters. The van der Waals surface area contributed by atoms with Gasteiger partial charge in [0.15, 0.2) is 0 Å². The van der Waals surface area contributed by atoms with E-state index in [-0.39, 0.29) is 30.4 Å². The van der Waals surface area contributed by atoms with Gasteiger partial charge in [0.25, 0.3) is 0 Å². The molecule has 0 aliphatic heterocycles. The Morgan fingerprint density at radius 1 is 1.00 bits per heavy atom. The van der Waals surface area contributed by atoms with Crippen LogP contribution in [-0.4, -0.2) is 23.1 Å². The Labute approximate surface area is 175 Å². The molecule has 9 heteroatoms. The van der Waals surface area contributed by atoms with Crippen LogP contribution in [0.5, 0.6) is 5.75 Å². The second-order valence-corrected chi connectivity index (χ2v) is 7.72. The van der Waals surface area contributed by atoms with Crippen molar-refractivity contribution in [3.63, 3.8) is 0 Å². The molecule has 0 aliphatic carbocycles. The largest absolute Gasteiger partial charge is 0.506 e. The van der Waals surface area contributed by atoms with Crippen LogP contribution in [0.15, 0.2) is 54.9 Å². The molecule has 0 radical (unpaired) electrons. The van der Waals surface area contributed by atoms with Gasteiger partial charge in [0, 0.05) is 17.3 Å². The molecule has 2 aromatic rings. The lowest BCUT2D eigenvalue weighted by Crippen LogP contribution is -2.20. The molecule has 0 atom stereocenters. The van der Waals surface area contributed by atoms with E-state index < -0.39 is 0 Å². The van der Waals surface area contributed by atoms with Crippen LogP contribution in [0.25, 0.3) is 0 Å². The van der Waals surface area contributed by atoms with E-state index in [2.05, 4.69) is 63.6 Å². The molecule has 0 saturated carbocycles. The molecule has 0 bridgehead atoms. The van der Waals surface area contributed by atoms with Gasteiger partial charge in [-0.15, -0.1) is 0 Å². The number of phenols is 1. The summed E-state index contributed by atoms with van der Waals surface area (Å²) >= 11 is 9.77. The maximum absolute atomic E-state index is 11.9. The van der Waals surface area contributed by atoms with Crippen molar-refractivity contribution in [1.29, 1.82) is 0 Å². The van der Waals surface area contributed by atoms with E-state index in [9.17, 15) is 14.7 Å². The predicted octanol–water partition coefficient (Wildman–Crippen LogP) is 4.55. The highest BCUT2D eigenvalue weighted by Crippen LogP contribution is 2.32. The monoisotopic (exact) mass is 545 g/mol. The fraction of sp³-hybridized carbons (Fsp3) is 0.118. The summed E-state index contributed by atoms with van der Waals surface area (Å²) in [5, 5.41) is 16.2. The molecular weight excluding hydrogens is 534 g/mol. The number of aromatic hydroxyl groups is 1. The first kappa shape index (κ1) is 20.6. The summed E-state index contributed by atoms with van der Waals surface area (Å²) in [5.41, 5.74) is 3.69. The summed E-state index contributed by atoms with van der Waals surface area (Å²) in [6.07, 6.45) is 1.49. The minimum Gasteiger partial charge on any atom is -0.506 e. The maximum atomic E-state index is 11.9. The SMILES string of the molecule is O=C(CCC(=O)Nc1ccccc1Br)NN=Cc1cc(Br)c(O)c(Br)c1. The molecule has 0 fully saturated rings. The highest BCUT2D eigenvalue weighted by Gasteiger charge is 2.08. The first-order valence-electron chi connectivity index (χ1n) is 7.41. The average Bonchev–Trinajstić information content (AvgIpc) is 2.60. The number of hydrazone groups is 1. The zero-order valence-corrected chi connectivity index (χ0v) is 18.1. The first-order chi connectivity index (χ1) is 12.4. The van der Waals surface area contributed by atoms with Crippen molar-refractivity contribution in [2.24, 2.45) is 5.10 Å². The number of nitrogens with zero attached hydrogens (tertiary/aromatic N) is 1. The number of amides is 2. The van der Waals surface area contributed by atoms with Crippen molar-refractivity contribution < 1.29 is 14.7 Å². The molecule has 6 nitrogen and oxygen atoms in total. The maximum Gasteiger partial charge on any atom is 0.240 e. The molecular formula is C17H14Br3N3O3. The van der Waals surface area contributed by atoms with Gasteiger partial charge in [-0.25, -0.2) is 5.43 Å². The van der Waals surface area contributed by atoms with E-state index >= 15 is 0 Å². The van der Waals surface area contributed by atoms with Crippen LogP contribution in [0.4, 0.5) is 5.69 Å². The molecule has 0 saturated heterocycles. The zero-order chi connectivity index (χ0) is 19.1. The summed E-state index contributed by atoms with van der Waals surface area (Å²) in [6, 6.07) is 10.5. The standard InChI is InChI=1S/C17H14Br3N3O3/c18-11-3-1-2-4-14(11)22-15(24)5-6-16(25)23-21-9-10-7-12(19)17(26)13(20)8-10/h1-4,7-9,26H,5-6H2,(H,22,24)(H,23,25). The molecule has 2 amide bonds. The van der Waals surface area contributed by atoms with Gasteiger partial charge in [-0.05, 0) is 77.6 Å². The van der Waals surface area contributed by atoms with E-state index in [1.54, 1.807) is 18.2 Å². The Morgan fingerprint density at radius 2 is 1.62 bits per heavy atom. The number of anilines is 1. The number of carbonyl (C=O) groups is 2. The van der Waals surface area contributed by atoms with E-state index in [1.165, 1.54) is 6.21 Å². The van der Waals surface area contributed by atoms with Crippen molar-refractivity contribution >= 4 is 71.5 Å². The van der Waals surface area contributed by atoms with Crippen LogP contribution in [0, 0.1) is 0 Å². The number of rotatable bonds is 6. The highest BCUT2D eigenvalue weighted by atomic mass is 79.9. The quantitative estimate of drug-likeness (QED) is 0.366. The average molecular weight is 548 g/mol. The smallest absolute Gasteiger partial charge is 0.240 e. The third kappa shape index (κ3) is 6.22. The fourth-order valence-corrected chi connectivity index (χ4v) is 3.50. The lowest BCUT2D eigenvalue weighted by Gasteiger charge is -2.06. The molecule has 0 aromatic heterocycles. The fourth-order valence-electron chi connectivity index (χ4n) is 1.90. The first-order valence-corrected chi connectivity index (χ1v) is 9.79. The third-order valence-corrected chi connectivity index (χ3v) is 5.07. The van der Waals surface area contributed by atoms with Crippen LogP contribution in [0.3, 0.4) is 0 Å². The molecule has 3 N–H and O–H groups in total. The lowest BCUT2D eigenvalue weighted by molar-refractivity contribution is -0.124. The van der Waals surface area contributed by atoms with Gasteiger partial charge in [0.2, 0.25) is 11.8 Å². The summed E-state index contributed by atoms with van der Waals surface area (Å²) in [7, 11) is 0. The Kier molecular flexibility index (Phi) is 7.80. The summed E-state index contributed by atoms with van der Waals surface area (Å²) in [6.45, 7) is 0. The van der Waals surface area contributed by atoms with Crippen LogP contribution in [0.1, 0.15) is 18.4 Å². The summed E-state index contributed by atoms with van der Waals surface area (Å²) < 4.78 is 1.78. The molecule has 136 valence electrons. The predicted molar refractivity (Wildman–Crippen MR) is 111 cm³/mol. The third-order valence-electron chi connectivity index (χ3n) is 3.17. The lowest BCUT2D eigenvalue weighted by atomic mass is 10.2. The summed E-state index contributed by atoms with van der Waals surface area (Å²) in [4.78, 5) is 23.7. The van der Waals surface area contributed by atoms with Crippen molar-refractivity contribution in [1.82, 2.24) is 5.43 Å². The van der Waals surface area contributed by atoms with Crippen LogP contribution >= 0.6 is 47.8 Å². The van der Waals surface area contributed by atoms with Gasteiger partial charge in [-0.3, -0.25) is 9.59 Å². The number of hydrogen-bond donors (Lipinski definition) is 3. The van der Waals surface area contributed by atoms with Crippen LogP contribution < -0.4 is 10.7 Å². The number of carbonyl (C=O) groups excluding carboxylic acids is 2. The molecule has 0 aliphatic rings. The van der Waals surface area contributed by atoms with Crippen molar-refractivity contribution in [2.75, 3.05) is 5.32 Å². The highest BCUT2D eigenvalue weighted by molar-refractivity contribution is 9.11. The molecule has 26 heavy (non-hydrogen) atoms. The number of para-hydroxylation sites is 1. The van der Waals surface area contributed by atoms with Crippen LogP contribution in [0.2, 0.25) is 0 Å². The number of nitrogens with one attached hydrogen (secondary N) is 2. The van der Waals surface area contributed by atoms with Gasteiger partial charge in [-0.1, -0.05) is 12.1 Å². The van der Waals surface area contributed by atoms with E-state index in [0.29, 0.717) is 20.2 Å². The number of phenolic OH excluding ortho intramolecular Hbond substituents is 1. The number of hydrogen-bond acceptors (Lipinski definition) is 4. The van der Waals surface area contributed by atoms with E-state index in [4.69, 9.17) is 0 Å².